The first-order valence-electron chi connectivity index (χ1n) is 6.44. The summed E-state index contributed by atoms with van der Waals surface area (Å²) in [5, 5.41) is 3.58. The first-order chi connectivity index (χ1) is 7.07. The van der Waals surface area contributed by atoms with Gasteiger partial charge in [0.2, 0.25) is 0 Å². The summed E-state index contributed by atoms with van der Waals surface area (Å²) in [5.41, 5.74) is 0. The fourth-order valence-corrected chi connectivity index (χ4v) is 1.87. The third-order valence-corrected chi connectivity index (χ3v) is 3.02. The summed E-state index contributed by atoms with van der Waals surface area (Å²) in [6.45, 7) is 12.8. The van der Waals surface area contributed by atoms with Crippen molar-refractivity contribution in [1.29, 1.82) is 0 Å². The van der Waals surface area contributed by atoms with Crippen LogP contribution in [-0.4, -0.2) is 12.1 Å². The maximum absolute atomic E-state index is 3.74. The Morgan fingerprint density at radius 3 is 2.27 bits per heavy atom. The summed E-state index contributed by atoms with van der Waals surface area (Å²) in [5.74, 6) is 0.788. The topological polar surface area (TPSA) is 12.0 Å². The molecule has 90 valence electrons. The Hall–Kier alpha value is -0.300. The molecule has 0 bridgehead atoms. The molecule has 0 radical (unpaired) electrons. The molecule has 0 aliphatic rings. The number of hydrogen-bond acceptors (Lipinski definition) is 1. The predicted molar refractivity (Wildman–Crippen MR) is 70.2 cm³/mol. The van der Waals surface area contributed by atoms with E-state index in [2.05, 4.69) is 39.6 Å². The highest BCUT2D eigenvalue weighted by Gasteiger charge is 2.11. The Kier molecular flexibility index (Phi) is 8.79. The van der Waals surface area contributed by atoms with Gasteiger partial charge >= 0.3 is 0 Å². The van der Waals surface area contributed by atoms with Crippen LogP contribution in [0.2, 0.25) is 0 Å². The van der Waals surface area contributed by atoms with Crippen LogP contribution in [0.5, 0.6) is 0 Å². The van der Waals surface area contributed by atoms with Gasteiger partial charge in [-0.1, -0.05) is 39.7 Å². The molecule has 0 rings (SSSR count). The summed E-state index contributed by atoms with van der Waals surface area (Å²) >= 11 is 0. The van der Waals surface area contributed by atoms with E-state index in [-0.39, 0.29) is 0 Å². The van der Waals surface area contributed by atoms with Crippen LogP contribution in [0.3, 0.4) is 0 Å². The van der Waals surface area contributed by atoms with Gasteiger partial charge in [0.1, 0.15) is 0 Å². The van der Waals surface area contributed by atoms with Crippen LogP contribution in [0, 0.1) is 5.92 Å². The molecule has 1 N–H and O–H groups in total. The van der Waals surface area contributed by atoms with E-state index in [0.29, 0.717) is 12.1 Å². The highest BCUT2D eigenvalue weighted by Crippen LogP contribution is 2.14. The quantitative estimate of drug-likeness (QED) is 0.446. The number of rotatable bonds is 9. The molecule has 1 heteroatoms. The molecule has 2 unspecified atom stereocenters. The average molecular weight is 211 g/mol. The monoisotopic (exact) mass is 211 g/mol. The summed E-state index contributed by atoms with van der Waals surface area (Å²) in [4.78, 5) is 0. The lowest BCUT2D eigenvalue weighted by Gasteiger charge is -2.23. The zero-order valence-electron chi connectivity index (χ0n) is 11.1. The van der Waals surface area contributed by atoms with Crippen molar-refractivity contribution in [2.75, 3.05) is 0 Å². The maximum atomic E-state index is 3.74. The van der Waals surface area contributed by atoms with Crippen molar-refractivity contribution in [3.05, 3.63) is 12.7 Å². The van der Waals surface area contributed by atoms with E-state index in [1.54, 1.807) is 0 Å². The summed E-state index contributed by atoms with van der Waals surface area (Å²) in [6.07, 6.45) is 8.56. The molecule has 0 saturated carbocycles. The van der Waals surface area contributed by atoms with Crippen LogP contribution in [0.4, 0.5) is 0 Å². The van der Waals surface area contributed by atoms with Crippen LogP contribution in [0.15, 0.2) is 12.7 Å². The maximum Gasteiger partial charge on any atom is 0.00667 e. The molecule has 0 amide bonds. The van der Waals surface area contributed by atoms with E-state index in [9.17, 15) is 0 Å². The fraction of sp³-hybridized carbons (Fsp3) is 0.857. The lowest BCUT2D eigenvalue weighted by molar-refractivity contribution is 0.346. The highest BCUT2D eigenvalue weighted by atomic mass is 14.9. The minimum Gasteiger partial charge on any atom is -0.312 e. The lowest BCUT2D eigenvalue weighted by Crippen LogP contribution is -2.36. The van der Waals surface area contributed by atoms with Crippen molar-refractivity contribution in [1.82, 2.24) is 5.32 Å². The largest absolute Gasteiger partial charge is 0.312 e. The van der Waals surface area contributed by atoms with Crippen molar-refractivity contribution in [2.24, 2.45) is 5.92 Å². The molecule has 15 heavy (non-hydrogen) atoms. The predicted octanol–water partition coefficient (Wildman–Crippen LogP) is 4.15. The second-order valence-electron chi connectivity index (χ2n) is 5.01. The van der Waals surface area contributed by atoms with E-state index in [4.69, 9.17) is 0 Å². The van der Waals surface area contributed by atoms with Crippen LogP contribution in [0.25, 0.3) is 0 Å². The van der Waals surface area contributed by atoms with E-state index in [1.807, 2.05) is 6.08 Å². The van der Waals surface area contributed by atoms with Crippen LogP contribution in [0.1, 0.15) is 59.8 Å². The van der Waals surface area contributed by atoms with Crippen LogP contribution in [-0.2, 0) is 0 Å². The number of hydrogen-bond donors (Lipinski definition) is 1. The second-order valence-corrected chi connectivity index (χ2v) is 5.01. The standard InChI is InChI=1S/C14H29N/c1-6-7-8-9-10-11-13(4)14(5)15-12(2)3/h6,12-15H,1,7-11H2,2-5H3. The molecule has 0 spiro atoms. The smallest absolute Gasteiger partial charge is 0.00667 e. The van der Waals surface area contributed by atoms with Gasteiger partial charge in [-0.25, -0.2) is 0 Å². The number of allylic oxidation sites excluding steroid dienone is 1. The van der Waals surface area contributed by atoms with Crippen molar-refractivity contribution in [3.63, 3.8) is 0 Å². The first-order valence-corrected chi connectivity index (χ1v) is 6.44. The molecule has 0 aliphatic heterocycles. The summed E-state index contributed by atoms with van der Waals surface area (Å²) < 4.78 is 0. The number of unbranched alkanes of at least 4 members (excludes halogenated alkanes) is 3. The zero-order valence-corrected chi connectivity index (χ0v) is 11.1. The van der Waals surface area contributed by atoms with Crippen molar-refractivity contribution in [2.45, 2.75) is 71.9 Å². The van der Waals surface area contributed by atoms with Gasteiger partial charge in [0.25, 0.3) is 0 Å². The molecule has 0 fully saturated rings. The Balaban J connectivity index is 3.46. The van der Waals surface area contributed by atoms with Gasteiger partial charge in [0.15, 0.2) is 0 Å². The Morgan fingerprint density at radius 1 is 1.07 bits per heavy atom. The van der Waals surface area contributed by atoms with Gasteiger partial charge in [-0.05, 0) is 32.1 Å². The number of nitrogens with one attached hydrogen (secondary N) is 1. The normalized spacial score (nSPS) is 15.3. The Labute approximate surface area is 96.3 Å². The van der Waals surface area contributed by atoms with Crippen molar-refractivity contribution >= 4 is 0 Å². The van der Waals surface area contributed by atoms with Crippen molar-refractivity contribution in [3.8, 4) is 0 Å². The molecule has 0 saturated heterocycles. The third kappa shape index (κ3) is 8.68. The van der Waals surface area contributed by atoms with E-state index in [0.717, 1.165) is 5.92 Å². The molecule has 0 aliphatic carbocycles. The van der Waals surface area contributed by atoms with Gasteiger partial charge in [0.05, 0.1) is 0 Å². The highest BCUT2D eigenvalue weighted by molar-refractivity contribution is 4.71. The van der Waals surface area contributed by atoms with Gasteiger partial charge in [-0.15, -0.1) is 6.58 Å². The molecule has 1 nitrogen and oxygen atoms in total. The van der Waals surface area contributed by atoms with Crippen LogP contribution >= 0.6 is 0 Å². The summed E-state index contributed by atoms with van der Waals surface area (Å²) in [6, 6.07) is 1.24. The van der Waals surface area contributed by atoms with Crippen LogP contribution < -0.4 is 5.32 Å². The lowest BCUT2D eigenvalue weighted by atomic mass is 9.95. The minimum atomic E-state index is 0.600. The molecule has 0 heterocycles. The Bertz CT molecular complexity index is 151. The first kappa shape index (κ1) is 14.7. The minimum absolute atomic E-state index is 0.600. The average Bonchev–Trinajstić information content (AvgIpc) is 2.16. The van der Waals surface area contributed by atoms with E-state index < -0.39 is 0 Å². The van der Waals surface area contributed by atoms with Gasteiger partial charge < -0.3 is 5.32 Å². The summed E-state index contributed by atoms with van der Waals surface area (Å²) in [7, 11) is 0. The molecule has 0 aromatic carbocycles. The third-order valence-electron chi connectivity index (χ3n) is 3.02. The fourth-order valence-electron chi connectivity index (χ4n) is 1.87. The molecular weight excluding hydrogens is 182 g/mol. The van der Waals surface area contributed by atoms with Crippen molar-refractivity contribution < 1.29 is 0 Å². The van der Waals surface area contributed by atoms with E-state index in [1.165, 1.54) is 32.1 Å². The molecule has 0 aromatic rings. The molecule has 0 aromatic heterocycles. The van der Waals surface area contributed by atoms with Gasteiger partial charge in [-0.2, -0.15) is 0 Å². The SMILES string of the molecule is C=CCCCCCC(C)C(C)NC(C)C. The second kappa shape index (κ2) is 8.96. The van der Waals surface area contributed by atoms with Gasteiger partial charge in [0, 0.05) is 12.1 Å². The molecular formula is C14H29N. The zero-order chi connectivity index (χ0) is 11.7. The molecule has 2 atom stereocenters. The van der Waals surface area contributed by atoms with Gasteiger partial charge in [-0.3, -0.25) is 0 Å². The Morgan fingerprint density at radius 2 is 1.73 bits per heavy atom. The van der Waals surface area contributed by atoms with E-state index >= 15 is 0 Å².